The molecule has 0 radical (unpaired) electrons. The number of aromatic hydroxyl groups is 1. The lowest BCUT2D eigenvalue weighted by Crippen LogP contribution is -2.49. The Morgan fingerprint density at radius 1 is 0.893 bits per heavy atom. The summed E-state index contributed by atoms with van der Waals surface area (Å²) in [5, 5.41) is 19.9. The summed E-state index contributed by atoms with van der Waals surface area (Å²) in [4.78, 5) is 62.4. The van der Waals surface area contributed by atoms with Gasteiger partial charge in [0.05, 0.1) is 34.6 Å². The van der Waals surface area contributed by atoms with E-state index in [0.29, 0.717) is 28.5 Å². The molecule has 1 N–H and O–H groups in total. The van der Waals surface area contributed by atoms with Crippen LogP contribution in [-0.4, -0.2) is 43.4 Å². The van der Waals surface area contributed by atoms with Gasteiger partial charge in [-0.05, 0) is 84.2 Å². The van der Waals surface area contributed by atoms with Crippen LogP contribution >= 0.6 is 22.9 Å². The smallest absolute Gasteiger partial charge is 0.242 e. The molecular formula is C45H37ClN4O5S. The highest BCUT2D eigenvalue weighted by Gasteiger charge is 2.68. The quantitative estimate of drug-likeness (QED) is 0.139. The number of aromatic nitrogens is 2. The Balaban J connectivity index is 1.11. The summed E-state index contributed by atoms with van der Waals surface area (Å²) in [6.07, 6.45) is 2.56. The van der Waals surface area contributed by atoms with Gasteiger partial charge in [0.25, 0.3) is 0 Å². The van der Waals surface area contributed by atoms with E-state index < -0.39 is 35.0 Å². The van der Waals surface area contributed by atoms with Gasteiger partial charge in [-0.1, -0.05) is 83.9 Å². The number of nitrogens with zero attached hydrogens (tertiary/aromatic N) is 4. The second-order valence-electron chi connectivity index (χ2n) is 15.8. The number of benzene rings is 4. The van der Waals surface area contributed by atoms with E-state index in [1.807, 2.05) is 98.8 Å². The fourth-order valence-electron chi connectivity index (χ4n) is 10.3. The molecule has 9 nitrogen and oxygen atoms in total. The first-order chi connectivity index (χ1) is 27.0. The van der Waals surface area contributed by atoms with Gasteiger partial charge in [0, 0.05) is 34.3 Å². The number of imide groups is 2. The third-order valence-electron chi connectivity index (χ3n) is 13.0. The molecule has 3 fully saturated rings. The van der Waals surface area contributed by atoms with Gasteiger partial charge in [0.2, 0.25) is 23.6 Å². The number of amides is 4. The van der Waals surface area contributed by atoms with E-state index in [1.165, 1.54) is 9.80 Å². The number of likely N-dealkylation sites (tertiary alicyclic amines) is 1. The molecule has 4 aromatic carbocycles. The van der Waals surface area contributed by atoms with Crippen molar-refractivity contribution >= 4 is 73.2 Å². The third kappa shape index (κ3) is 4.81. The van der Waals surface area contributed by atoms with Crippen molar-refractivity contribution in [3.8, 4) is 16.3 Å². The van der Waals surface area contributed by atoms with Crippen LogP contribution in [0.15, 0.2) is 103 Å². The average molecular weight is 781 g/mol. The molecule has 4 amide bonds. The fourth-order valence-corrected chi connectivity index (χ4v) is 11.6. The summed E-state index contributed by atoms with van der Waals surface area (Å²) in [5.74, 6) is -4.26. The first-order valence-electron chi connectivity index (χ1n) is 18.9. The zero-order chi connectivity index (χ0) is 38.8. The largest absolute Gasteiger partial charge is 0.508 e. The minimum absolute atomic E-state index is 0.0127. The Kier molecular flexibility index (Phi) is 7.76. The van der Waals surface area contributed by atoms with E-state index in [1.54, 1.807) is 35.2 Å². The number of thiophene rings is 1. The number of phenolic OH excluding ortho intramolecular Hbond substituents is 1. The number of aryl methyl sites for hydroxylation is 2. The van der Waals surface area contributed by atoms with Crippen molar-refractivity contribution in [2.75, 3.05) is 4.90 Å². The van der Waals surface area contributed by atoms with Gasteiger partial charge in [-0.2, -0.15) is 5.10 Å². The van der Waals surface area contributed by atoms with Crippen LogP contribution in [0, 0.1) is 36.0 Å². The SMILES string of the molecule is Cc1c(-c2cc(N3C(=O)C4CC5C(=CCC6C(=O)N(Cc7ccccc7)C(=O)C65)C(c5c(O)ccc6ccccc56)C4(C)C3=O)n(C)n2)sc2ccc(Cl)cc12. The summed E-state index contributed by atoms with van der Waals surface area (Å²) >= 11 is 7.91. The molecule has 0 spiro atoms. The van der Waals surface area contributed by atoms with Crippen LogP contribution in [0.3, 0.4) is 0 Å². The molecule has 4 heterocycles. The number of phenols is 1. The van der Waals surface area contributed by atoms with Crippen molar-refractivity contribution in [1.29, 1.82) is 0 Å². The van der Waals surface area contributed by atoms with Crippen molar-refractivity contribution in [3.05, 3.63) is 124 Å². The Bertz CT molecular complexity index is 2740. The van der Waals surface area contributed by atoms with Gasteiger partial charge >= 0.3 is 0 Å². The highest BCUT2D eigenvalue weighted by atomic mass is 35.5. The summed E-state index contributed by atoms with van der Waals surface area (Å²) in [7, 11) is 1.73. The molecule has 6 atom stereocenters. The van der Waals surface area contributed by atoms with Crippen molar-refractivity contribution in [2.45, 2.75) is 39.2 Å². The lowest BCUT2D eigenvalue weighted by molar-refractivity contribution is -0.141. The summed E-state index contributed by atoms with van der Waals surface area (Å²) in [5.41, 5.74) is 2.54. The molecule has 11 heteroatoms. The molecule has 10 rings (SSSR count). The summed E-state index contributed by atoms with van der Waals surface area (Å²) < 4.78 is 2.63. The molecule has 2 aliphatic heterocycles. The minimum Gasteiger partial charge on any atom is -0.508 e. The third-order valence-corrected chi connectivity index (χ3v) is 14.5. The maximum atomic E-state index is 15.3. The number of hydrogen-bond donors (Lipinski definition) is 1. The molecule has 2 aromatic heterocycles. The topological polar surface area (TPSA) is 113 Å². The Hall–Kier alpha value is -5.58. The average Bonchev–Trinajstić information content (AvgIpc) is 3.86. The van der Waals surface area contributed by atoms with Gasteiger partial charge in [-0.3, -0.25) is 28.8 Å². The van der Waals surface area contributed by atoms with Crippen LogP contribution < -0.4 is 4.90 Å². The Morgan fingerprint density at radius 3 is 2.46 bits per heavy atom. The van der Waals surface area contributed by atoms with Crippen LogP contribution in [0.1, 0.15) is 42.4 Å². The normalized spacial score (nSPS) is 25.9. The Labute approximate surface area is 331 Å². The predicted molar refractivity (Wildman–Crippen MR) is 216 cm³/mol. The number of carbonyl (C=O) groups excluding carboxylic acids is 4. The fraction of sp³-hybridized carbons (Fsp3) is 0.267. The number of rotatable bonds is 5. The number of hydrogen-bond acceptors (Lipinski definition) is 7. The molecule has 2 saturated heterocycles. The van der Waals surface area contributed by atoms with Crippen molar-refractivity contribution in [1.82, 2.24) is 14.7 Å². The van der Waals surface area contributed by atoms with E-state index in [4.69, 9.17) is 16.7 Å². The van der Waals surface area contributed by atoms with Crippen LogP contribution in [0.5, 0.6) is 5.75 Å². The summed E-state index contributed by atoms with van der Waals surface area (Å²) in [6, 6.07) is 28.2. The number of carbonyl (C=O) groups is 4. The second kappa shape index (κ2) is 12.5. The van der Waals surface area contributed by atoms with Gasteiger partial charge in [-0.15, -0.1) is 11.3 Å². The molecular weight excluding hydrogens is 744 g/mol. The molecule has 280 valence electrons. The van der Waals surface area contributed by atoms with Gasteiger partial charge in [-0.25, -0.2) is 4.90 Å². The van der Waals surface area contributed by atoms with Crippen LogP contribution in [-0.2, 0) is 32.8 Å². The zero-order valence-corrected chi connectivity index (χ0v) is 32.5. The number of anilines is 1. The monoisotopic (exact) mass is 780 g/mol. The maximum absolute atomic E-state index is 15.3. The standard InChI is InChI=1S/C45H37ClN4O5S/c1-23-30-19-26(46)14-18-35(30)56-40(23)33-21-36(48(3)47-33)50-42(53)32-20-31-28(15-16-29-37(31)43(54)49(41(29)52)22-24-9-5-4-6-10-24)39(45(32,2)44(50)55)38-27-12-8-7-11-25(27)13-17-34(38)51/h4-15,17-19,21,29,31-32,37,39,51H,16,20,22H2,1-3H3. The van der Waals surface area contributed by atoms with Crippen LogP contribution in [0.4, 0.5) is 5.82 Å². The Morgan fingerprint density at radius 2 is 1.66 bits per heavy atom. The minimum atomic E-state index is -1.34. The highest BCUT2D eigenvalue weighted by Crippen LogP contribution is 2.65. The van der Waals surface area contributed by atoms with Crippen molar-refractivity contribution in [2.24, 2.45) is 36.1 Å². The van der Waals surface area contributed by atoms with E-state index in [0.717, 1.165) is 42.4 Å². The lowest BCUT2D eigenvalue weighted by Gasteiger charge is -2.49. The number of halogens is 1. The first-order valence-corrected chi connectivity index (χ1v) is 20.1. The number of fused-ring (bicyclic) bond motifs is 6. The van der Waals surface area contributed by atoms with Crippen LogP contribution in [0.2, 0.25) is 5.02 Å². The van der Waals surface area contributed by atoms with Gasteiger partial charge in [0.1, 0.15) is 17.3 Å². The molecule has 1 saturated carbocycles. The molecule has 56 heavy (non-hydrogen) atoms. The predicted octanol–water partition coefficient (Wildman–Crippen LogP) is 8.55. The van der Waals surface area contributed by atoms with E-state index in [9.17, 15) is 14.7 Å². The van der Waals surface area contributed by atoms with Gasteiger partial charge < -0.3 is 5.11 Å². The maximum Gasteiger partial charge on any atom is 0.242 e. The number of allylic oxidation sites excluding steroid dienone is 2. The zero-order valence-electron chi connectivity index (χ0n) is 30.9. The molecule has 6 aromatic rings. The highest BCUT2D eigenvalue weighted by molar-refractivity contribution is 7.22. The molecule has 4 aliphatic rings. The molecule has 6 unspecified atom stereocenters. The molecule has 0 bridgehead atoms. The van der Waals surface area contributed by atoms with Gasteiger partial charge in [0.15, 0.2) is 0 Å². The van der Waals surface area contributed by atoms with Crippen LogP contribution in [0.25, 0.3) is 31.4 Å². The van der Waals surface area contributed by atoms with E-state index in [2.05, 4.69) is 0 Å². The summed E-state index contributed by atoms with van der Waals surface area (Å²) in [6.45, 7) is 4.02. The molecule has 2 aliphatic carbocycles. The van der Waals surface area contributed by atoms with E-state index >= 15 is 9.59 Å². The van der Waals surface area contributed by atoms with E-state index in [-0.39, 0.29) is 42.3 Å². The first kappa shape index (κ1) is 34.9. The van der Waals surface area contributed by atoms with Crippen molar-refractivity contribution < 1.29 is 24.3 Å². The van der Waals surface area contributed by atoms with Crippen molar-refractivity contribution in [3.63, 3.8) is 0 Å². The second-order valence-corrected chi connectivity index (χ2v) is 17.3. The lowest BCUT2D eigenvalue weighted by atomic mass is 9.51.